The summed E-state index contributed by atoms with van der Waals surface area (Å²) in [6, 6.07) is 7.07. The van der Waals surface area contributed by atoms with Gasteiger partial charge in [-0.1, -0.05) is 43.7 Å². The molecule has 0 atom stereocenters. The Hall–Kier alpha value is -2.96. The van der Waals surface area contributed by atoms with E-state index in [1.807, 2.05) is 19.1 Å². The average molecular weight is 394 g/mol. The summed E-state index contributed by atoms with van der Waals surface area (Å²) in [4.78, 5) is 38.4. The summed E-state index contributed by atoms with van der Waals surface area (Å²) in [6.07, 6.45) is 7.40. The fourth-order valence-electron chi connectivity index (χ4n) is 4.26. The highest BCUT2D eigenvalue weighted by atomic mass is 16.2. The molecule has 2 heterocycles. The fourth-order valence-corrected chi connectivity index (χ4v) is 4.26. The smallest absolute Gasteiger partial charge is 0.261 e. The SMILES string of the molecule is Cc1ccc2c(c1)C(=O)N(CCC(=O)Nc1cc(CC3CCCCC3)[nH]n1)C2=O. The first-order valence-electron chi connectivity index (χ1n) is 10.3. The summed E-state index contributed by atoms with van der Waals surface area (Å²) in [5.74, 6) is 0.223. The van der Waals surface area contributed by atoms with Crippen molar-refractivity contribution in [2.45, 2.75) is 51.9 Å². The second-order valence-corrected chi connectivity index (χ2v) is 8.10. The summed E-state index contributed by atoms with van der Waals surface area (Å²) < 4.78 is 0. The van der Waals surface area contributed by atoms with Crippen molar-refractivity contribution in [1.29, 1.82) is 0 Å². The molecule has 4 rings (SSSR count). The molecule has 152 valence electrons. The highest BCUT2D eigenvalue weighted by molar-refractivity contribution is 6.21. The number of imide groups is 1. The molecule has 7 nitrogen and oxygen atoms in total. The molecule has 2 aromatic rings. The highest BCUT2D eigenvalue weighted by Gasteiger charge is 2.35. The van der Waals surface area contributed by atoms with E-state index in [0.29, 0.717) is 22.9 Å². The van der Waals surface area contributed by atoms with Gasteiger partial charge in [-0.05, 0) is 31.4 Å². The minimum atomic E-state index is -0.340. The third-order valence-electron chi connectivity index (χ3n) is 5.82. The number of anilines is 1. The molecule has 1 saturated carbocycles. The molecule has 1 aromatic heterocycles. The van der Waals surface area contributed by atoms with Crippen molar-refractivity contribution < 1.29 is 14.4 Å². The van der Waals surface area contributed by atoms with Gasteiger partial charge in [0.25, 0.3) is 11.8 Å². The van der Waals surface area contributed by atoms with E-state index in [0.717, 1.165) is 22.6 Å². The molecule has 0 spiro atoms. The summed E-state index contributed by atoms with van der Waals surface area (Å²) in [7, 11) is 0. The number of hydrogen-bond acceptors (Lipinski definition) is 4. The van der Waals surface area contributed by atoms with Crippen LogP contribution >= 0.6 is 0 Å². The van der Waals surface area contributed by atoms with Crippen LogP contribution in [0, 0.1) is 12.8 Å². The maximum absolute atomic E-state index is 12.5. The van der Waals surface area contributed by atoms with Crippen molar-refractivity contribution in [3.63, 3.8) is 0 Å². The van der Waals surface area contributed by atoms with Gasteiger partial charge in [-0.25, -0.2) is 0 Å². The van der Waals surface area contributed by atoms with Gasteiger partial charge in [0.15, 0.2) is 5.82 Å². The average Bonchev–Trinajstić information content (AvgIpc) is 3.23. The minimum absolute atomic E-state index is 0.0370. The van der Waals surface area contributed by atoms with Crippen molar-refractivity contribution in [2.75, 3.05) is 11.9 Å². The molecule has 0 radical (unpaired) electrons. The highest BCUT2D eigenvalue weighted by Crippen LogP contribution is 2.27. The number of fused-ring (bicyclic) bond motifs is 1. The van der Waals surface area contributed by atoms with E-state index < -0.39 is 0 Å². The zero-order chi connectivity index (χ0) is 20.4. The Labute approximate surface area is 169 Å². The van der Waals surface area contributed by atoms with Gasteiger partial charge in [0.1, 0.15) is 0 Å². The number of carbonyl (C=O) groups is 3. The van der Waals surface area contributed by atoms with Crippen LogP contribution in [0.5, 0.6) is 0 Å². The fraction of sp³-hybridized carbons (Fsp3) is 0.455. The topological polar surface area (TPSA) is 95.2 Å². The van der Waals surface area contributed by atoms with Crippen LogP contribution in [-0.2, 0) is 11.2 Å². The Morgan fingerprint density at radius 1 is 1.14 bits per heavy atom. The number of carbonyl (C=O) groups excluding carboxylic acids is 3. The predicted molar refractivity (Wildman–Crippen MR) is 109 cm³/mol. The number of amides is 3. The minimum Gasteiger partial charge on any atom is -0.309 e. The van der Waals surface area contributed by atoms with Gasteiger partial charge in [0, 0.05) is 24.7 Å². The first kappa shape index (κ1) is 19.4. The van der Waals surface area contributed by atoms with Crippen LogP contribution < -0.4 is 5.32 Å². The summed E-state index contributed by atoms with van der Waals surface area (Å²) >= 11 is 0. The van der Waals surface area contributed by atoms with Crippen LogP contribution in [0.2, 0.25) is 0 Å². The van der Waals surface area contributed by atoms with Crippen molar-refractivity contribution in [1.82, 2.24) is 15.1 Å². The summed E-state index contributed by atoms with van der Waals surface area (Å²) in [5, 5.41) is 9.93. The Kier molecular flexibility index (Phi) is 5.47. The van der Waals surface area contributed by atoms with E-state index >= 15 is 0 Å². The molecule has 29 heavy (non-hydrogen) atoms. The molecule has 1 fully saturated rings. The standard InChI is InChI=1S/C22H26N4O3/c1-14-7-8-17-18(11-14)22(29)26(21(17)28)10-9-20(27)23-19-13-16(24-25-19)12-15-5-3-2-4-6-15/h7-8,11,13,15H,2-6,9-10,12H2,1H3,(H2,23,24,25,27). The van der Waals surface area contributed by atoms with Gasteiger partial charge in [-0.3, -0.25) is 24.4 Å². The van der Waals surface area contributed by atoms with Crippen molar-refractivity contribution in [3.05, 3.63) is 46.6 Å². The molecule has 0 unspecified atom stereocenters. The Morgan fingerprint density at radius 3 is 2.69 bits per heavy atom. The van der Waals surface area contributed by atoms with Crippen molar-refractivity contribution in [3.8, 4) is 0 Å². The molecule has 0 saturated heterocycles. The Morgan fingerprint density at radius 2 is 1.90 bits per heavy atom. The van der Waals surface area contributed by atoms with E-state index in [9.17, 15) is 14.4 Å². The quantitative estimate of drug-likeness (QED) is 0.734. The summed E-state index contributed by atoms with van der Waals surface area (Å²) in [6.45, 7) is 1.93. The third-order valence-corrected chi connectivity index (χ3v) is 5.82. The zero-order valence-electron chi connectivity index (χ0n) is 16.7. The van der Waals surface area contributed by atoms with Gasteiger partial charge in [0.2, 0.25) is 5.91 Å². The Bertz CT molecular complexity index is 943. The number of hydrogen-bond donors (Lipinski definition) is 2. The lowest BCUT2D eigenvalue weighted by Gasteiger charge is -2.20. The van der Waals surface area contributed by atoms with Crippen LogP contribution in [0.3, 0.4) is 0 Å². The van der Waals surface area contributed by atoms with E-state index in [4.69, 9.17) is 0 Å². The van der Waals surface area contributed by atoms with E-state index in [-0.39, 0.29) is 30.7 Å². The number of aromatic amines is 1. The third kappa shape index (κ3) is 4.23. The molecule has 1 aliphatic heterocycles. The van der Waals surface area contributed by atoms with Crippen LogP contribution in [-0.4, -0.2) is 39.4 Å². The van der Waals surface area contributed by atoms with E-state index in [2.05, 4.69) is 15.5 Å². The van der Waals surface area contributed by atoms with Gasteiger partial charge in [-0.2, -0.15) is 5.10 Å². The second kappa shape index (κ2) is 8.19. The molecule has 1 aliphatic carbocycles. The molecular formula is C22H26N4O3. The molecule has 2 aliphatic rings. The Balaban J connectivity index is 1.29. The lowest BCUT2D eigenvalue weighted by atomic mass is 9.86. The molecular weight excluding hydrogens is 368 g/mol. The van der Waals surface area contributed by atoms with Crippen molar-refractivity contribution >= 4 is 23.5 Å². The van der Waals surface area contributed by atoms with E-state index in [1.165, 1.54) is 32.1 Å². The molecule has 0 bridgehead atoms. The maximum atomic E-state index is 12.5. The molecule has 7 heteroatoms. The largest absolute Gasteiger partial charge is 0.309 e. The van der Waals surface area contributed by atoms with Crippen LogP contribution in [0.25, 0.3) is 0 Å². The number of aryl methyl sites for hydroxylation is 1. The monoisotopic (exact) mass is 394 g/mol. The van der Waals surface area contributed by atoms with Gasteiger partial charge >= 0.3 is 0 Å². The normalized spacial score (nSPS) is 16.9. The van der Waals surface area contributed by atoms with Crippen LogP contribution in [0.1, 0.15) is 70.5 Å². The first-order chi connectivity index (χ1) is 14.0. The number of rotatable bonds is 6. The first-order valence-corrected chi connectivity index (χ1v) is 10.3. The number of benzene rings is 1. The maximum Gasteiger partial charge on any atom is 0.261 e. The zero-order valence-corrected chi connectivity index (χ0v) is 16.7. The van der Waals surface area contributed by atoms with Crippen molar-refractivity contribution in [2.24, 2.45) is 5.92 Å². The van der Waals surface area contributed by atoms with Crippen LogP contribution in [0.15, 0.2) is 24.3 Å². The van der Waals surface area contributed by atoms with Gasteiger partial charge in [-0.15, -0.1) is 0 Å². The molecule has 3 amide bonds. The number of H-pyrrole nitrogens is 1. The predicted octanol–water partition coefficient (Wildman–Crippen LogP) is 3.47. The number of nitrogens with one attached hydrogen (secondary N) is 2. The van der Waals surface area contributed by atoms with E-state index in [1.54, 1.807) is 12.1 Å². The lowest BCUT2D eigenvalue weighted by molar-refractivity contribution is -0.116. The lowest BCUT2D eigenvalue weighted by Crippen LogP contribution is -2.32. The number of aromatic nitrogens is 2. The van der Waals surface area contributed by atoms with Crippen LogP contribution in [0.4, 0.5) is 5.82 Å². The summed E-state index contributed by atoms with van der Waals surface area (Å²) in [5.41, 5.74) is 2.77. The molecule has 2 N–H and O–H groups in total. The van der Waals surface area contributed by atoms with Gasteiger partial charge < -0.3 is 5.32 Å². The van der Waals surface area contributed by atoms with Gasteiger partial charge in [0.05, 0.1) is 11.1 Å². The molecule has 1 aromatic carbocycles. The second-order valence-electron chi connectivity index (χ2n) is 8.10. The number of nitrogens with zero attached hydrogens (tertiary/aromatic N) is 2.